The molecule has 0 fully saturated rings. The Kier molecular flexibility index (Phi) is 13.4. The van der Waals surface area contributed by atoms with Gasteiger partial charge in [0.05, 0.1) is 27.8 Å². The van der Waals surface area contributed by atoms with Gasteiger partial charge in [-0.05, 0) is 67.8 Å². The van der Waals surface area contributed by atoms with Crippen molar-refractivity contribution in [3.63, 3.8) is 0 Å². The van der Waals surface area contributed by atoms with Gasteiger partial charge in [-0.2, -0.15) is 67.3 Å². The van der Waals surface area contributed by atoms with Crippen molar-refractivity contribution in [1.29, 1.82) is 0 Å². The van der Waals surface area contributed by atoms with E-state index in [0.29, 0.717) is 23.4 Å². The quantitative estimate of drug-likeness (QED) is 0.0378. The second-order valence-electron chi connectivity index (χ2n) is 10.9. The van der Waals surface area contributed by atoms with Gasteiger partial charge >= 0.3 is 0 Å². The van der Waals surface area contributed by atoms with E-state index in [1.165, 1.54) is 12.1 Å². The first-order chi connectivity index (χ1) is 24.8. The molecule has 1 heterocycles. The van der Waals surface area contributed by atoms with Crippen LogP contribution >= 0.6 is 23.5 Å². The van der Waals surface area contributed by atoms with Crippen LogP contribution in [0.2, 0.25) is 0 Å². The number of benzene rings is 3. The van der Waals surface area contributed by atoms with E-state index in [1.807, 2.05) is 0 Å². The van der Waals surface area contributed by atoms with Crippen molar-refractivity contribution in [3.05, 3.63) is 48.0 Å². The van der Waals surface area contributed by atoms with E-state index in [9.17, 15) is 55.7 Å². The van der Waals surface area contributed by atoms with E-state index < -0.39 is 87.6 Å². The zero-order chi connectivity index (χ0) is 40.3. The van der Waals surface area contributed by atoms with Crippen molar-refractivity contribution in [1.82, 2.24) is 15.0 Å². The fourth-order valence-electron chi connectivity index (χ4n) is 4.41. The summed E-state index contributed by atoms with van der Waals surface area (Å²) < 4.78 is 164. The average Bonchev–Trinajstić information content (AvgIpc) is 3.01. The standard InChI is InChI=1S/C26H28N6O15S7/c1-15-10-16(27-24-28-25(48-6-2-8-50(33,34)35)30-26(29-24)49-7-3-9-51(36,37)38)4-5-21(15)32-31-17-11-19-20(22(12-17)53(42,43)44)13-18(52(39,40)41)14-23(19)54(45,46)47/h4-5,10-14H,2-3,6-9H2,1H3,(H,33,34,35)(H,36,37,38)(H,39,40,41)(H,42,43,44)(H,45,46,47)(H,27,28,29,30). The number of hydrogen-bond acceptors (Lipinski definition) is 18. The smallest absolute Gasteiger partial charge is 0.295 e. The summed E-state index contributed by atoms with van der Waals surface area (Å²) in [6, 6.07) is 7.24. The number of azo groups is 1. The number of anilines is 2. The SMILES string of the molecule is Cc1cc(Nc2nc(SCCCS(=O)(=O)O)nc(SCCCS(=O)(=O)O)n2)ccc1N=Nc1cc(S(=O)(=O)O)c2cc(S(=O)(=O)O)cc(S(=O)(=O)O)c2c1. The fraction of sp³-hybridized carbons (Fsp3) is 0.269. The third-order valence-electron chi connectivity index (χ3n) is 6.68. The number of aromatic nitrogens is 3. The van der Waals surface area contributed by atoms with Gasteiger partial charge in [0.2, 0.25) is 5.95 Å². The highest BCUT2D eigenvalue weighted by molar-refractivity contribution is 7.99. The molecule has 0 saturated heterocycles. The fourth-order valence-corrected chi connectivity index (χ4v) is 9.44. The molecule has 54 heavy (non-hydrogen) atoms. The lowest BCUT2D eigenvalue weighted by Crippen LogP contribution is -2.07. The Hall–Kier alpha value is -3.42. The van der Waals surface area contributed by atoms with Crippen LogP contribution in [0.4, 0.5) is 23.0 Å². The van der Waals surface area contributed by atoms with Gasteiger partial charge in [0.15, 0.2) is 10.3 Å². The molecule has 0 aliphatic heterocycles. The number of aryl methyl sites for hydroxylation is 1. The normalized spacial score (nSPS) is 13.1. The van der Waals surface area contributed by atoms with Crippen LogP contribution in [0, 0.1) is 6.92 Å². The molecule has 0 aliphatic rings. The van der Waals surface area contributed by atoms with Crippen molar-refractivity contribution >= 4 is 108 Å². The summed E-state index contributed by atoms with van der Waals surface area (Å²) in [5.41, 5.74) is 0.722. The van der Waals surface area contributed by atoms with Gasteiger partial charge < -0.3 is 5.32 Å². The van der Waals surface area contributed by atoms with E-state index >= 15 is 0 Å². The Morgan fingerprint density at radius 2 is 1.15 bits per heavy atom. The van der Waals surface area contributed by atoms with Gasteiger partial charge in [-0.15, -0.1) is 0 Å². The van der Waals surface area contributed by atoms with E-state index in [-0.39, 0.29) is 52.0 Å². The maximum atomic E-state index is 12.3. The van der Waals surface area contributed by atoms with Gasteiger partial charge in [-0.3, -0.25) is 22.8 Å². The molecule has 0 radical (unpaired) electrons. The molecule has 294 valence electrons. The Morgan fingerprint density at radius 3 is 1.63 bits per heavy atom. The van der Waals surface area contributed by atoms with Crippen molar-refractivity contribution in [2.24, 2.45) is 10.2 Å². The summed E-state index contributed by atoms with van der Waals surface area (Å²) in [5, 5.41) is 10.1. The number of hydrogen-bond donors (Lipinski definition) is 6. The van der Waals surface area contributed by atoms with Crippen molar-refractivity contribution in [2.45, 2.75) is 44.8 Å². The zero-order valence-corrected chi connectivity index (χ0v) is 32.9. The van der Waals surface area contributed by atoms with Gasteiger partial charge in [-0.1, -0.05) is 23.5 Å². The molecule has 21 nitrogen and oxygen atoms in total. The minimum absolute atomic E-state index is 0.0361. The van der Waals surface area contributed by atoms with E-state index in [0.717, 1.165) is 35.7 Å². The predicted octanol–water partition coefficient (Wildman–Crippen LogP) is 3.97. The monoisotopic (exact) mass is 888 g/mol. The number of nitrogens with zero attached hydrogens (tertiary/aromatic N) is 5. The highest BCUT2D eigenvalue weighted by atomic mass is 32.2. The highest BCUT2D eigenvalue weighted by Gasteiger charge is 2.25. The summed E-state index contributed by atoms with van der Waals surface area (Å²) in [6.07, 6.45) is 0.161. The Morgan fingerprint density at radius 1 is 0.630 bits per heavy atom. The second-order valence-corrected chi connectivity index (χ2v) is 20.4. The van der Waals surface area contributed by atoms with E-state index in [4.69, 9.17) is 9.11 Å². The summed E-state index contributed by atoms with van der Waals surface area (Å²) >= 11 is 2.14. The van der Waals surface area contributed by atoms with Crippen LogP contribution in [0.15, 0.2) is 77.7 Å². The van der Waals surface area contributed by atoms with Crippen LogP contribution in [0.5, 0.6) is 0 Å². The second kappa shape index (κ2) is 16.8. The largest absolute Gasteiger partial charge is 0.324 e. The van der Waals surface area contributed by atoms with Crippen LogP contribution in [-0.2, 0) is 50.6 Å². The highest BCUT2D eigenvalue weighted by Crippen LogP contribution is 2.36. The Bertz CT molecular complexity index is 2640. The molecule has 6 N–H and O–H groups in total. The molecular weight excluding hydrogens is 861 g/mol. The molecule has 28 heteroatoms. The van der Waals surface area contributed by atoms with Crippen molar-refractivity contribution in [3.8, 4) is 0 Å². The first-order valence-electron chi connectivity index (χ1n) is 14.5. The molecule has 3 aromatic carbocycles. The summed E-state index contributed by atoms with van der Waals surface area (Å²) in [6.45, 7) is 1.61. The van der Waals surface area contributed by atoms with Crippen LogP contribution in [0.25, 0.3) is 10.8 Å². The first-order valence-corrected chi connectivity index (χ1v) is 24.1. The van der Waals surface area contributed by atoms with Gasteiger partial charge in [-0.25, -0.2) is 0 Å². The maximum absolute atomic E-state index is 12.3. The molecule has 0 saturated carbocycles. The molecule has 1 aromatic heterocycles. The molecule has 0 amide bonds. The van der Waals surface area contributed by atoms with E-state index in [1.54, 1.807) is 13.0 Å². The number of rotatable bonds is 17. The molecule has 0 atom stereocenters. The minimum Gasteiger partial charge on any atom is -0.324 e. The summed E-state index contributed by atoms with van der Waals surface area (Å²) in [5.74, 6) is -0.513. The Balaban J connectivity index is 1.65. The molecule has 4 rings (SSSR count). The van der Waals surface area contributed by atoms with Crippen LogP contribution < -0.4 is 5.32 Å². The third-order valence-corrected chi connectivity index (χ3v) is 12.8. The van der Waals surface area contributed by atoms with Crippen LogP contribution in [-0.4, -0.2) is 103 Å². The average molecular weight is 889 g/mol. The maximum Gasteiger partial charge on any atom is 0.295 e. The van der Waals surface area contributed by atoms with Gasteiger partial charge in [0, 0.05) is 28.0 Å². The lowest BCUT2D eigenvalue weighted by molar-refractivity contribution is 0.477. The van der Waals surface area contributed by atoms with Gasteiger partial charge in [0.25, 0.3) is 50.6 Å². The van der Waals surface area contributed by atoms with Crippen LogP contribution in [0.3, 0.4) is 0 Å². The first kappa shape index (κ1) is 43.3. The third kappa shape index (κ3) is 12.8. The van der Waals surface area contributed by atoms with Crippen LogP contribution in [0.1, 0.15) is 18.4 Å². The number of nitrogens with one attached hydrogen (secondary N) is 1. The topological polar surface area (TPSA) is 347 Å². The molecular formula is C26H28N6O15S7. The summed E-state index contributed by atoms with van der Waals surface area (Å²) in [4.78, 5) is 9.68. The zero-order valence-electron chi connectivity index (χ0n) is 27.2. The Labute approximate surface area is 317 Å². The van der Waals surface area contributed by atoms with Gasteiger partial charge in [0.1, 0.15) is 9.79 Å². The van der Waals surface area contributed by atoms with Crippen molar-refractivity contribution < 1.29 is 64.9 Å². The lowest BCUT2D eigenvalue weighted by Gasteiger charge is -2.11. The molecule has 0 unspecified atom stereocenters. The molecule has 0 bridgehead atoms. The lowest BCUT2D eigenvalue weighted by atomic mass is 10.1. The van der Waals surface area contributed by atoms with E-state index in [2.05, 4.69) is 30.5 Å². The predicted molar refractivity (Wildman–Crippen MR) is 195 cm³/mol. The van der Waals surface area contributed by atoms with Crippen molar-refractivity contribution in [2.75, 3.05) is 28.3 Å². The number of thioether (sulfide) groups is 2. The molecule has 0 spiro atoms. The molecule has 4 aromatic rings. The summed E-state index contributed by atoms with van der Waals surface area (Å²) in [7, 11) is -23.9. The molecule has 0 aliphatic carbocycles. The number of fused-ring (bicyclic) bond motifs is 1. The minimum atomic E-state index is -5.23.